The van der Waals surface area contributed by atoms with E-state index >= 15 is 0 Å². The normalized spacial score (nSPS) is 29.0. The van der Waals surface area contributed by atoms with Gasteiger partial charge < -0.3 is 5.32 Å². The van der Waals surface area contributed by atoms with E-state index < -0.39 is 79.3 Å². The van der Waals surface area contributed by atoms with Crippen LogP contribution in [0.2, 0.25) is 0 Å². The third kappa shape index (κ3) is 3.99. The first kappa shape index (κ1) is 25.1. The van der Waals surface area contributed by atoms with Crippen molar-refractivity contribution in [3.05, 3.63) is 41.0 Å². The maximum absolute atomic E-state index is 14.4. The van der Waals surface area contributed by atoms with Gasteiger partial charge in [-0.2, -0.15) is 5.10 Å². The zero-order valence-electron chi connectivity index (χ0n) is 19.4. The molecule has 1 atom stereocenters. The number of aromatic nitrogens is 2. The average molecular weight is 535 g/mol. The summed E-state index contributed by atoms with van der Waals surface area (Å²) in [7, 11) is -3.50. The number of carbonyl (C=O) groups excluding carboxylic acids is 1. The summed E-state index contributed by atoms with van der Waals surface area (Å²) >= 11 is 0. The molecule has 4 fully saturated rings. The summed E-state index contributed by atoms with van der Waals surface area (Å²) in [6.07, 6.45) is -3.16. The molecule has 2 bridgehead atoms. The number of alkyl halides is 5. The van der Waals surface area contributed by atoms with Gasteiger partial charge in [0.15, 0.2) is 0 Å². The molecule has 36 heavy (non-hydrogen) atoms. The fourth-order valence-electron chi connectivity index (χ4n) is 6.08. The van der Waals surface area contributed by atoms with Gasteiger partial charge in [0.2, 0.25) is 5.92 Å². The summed E-state index contributed by atoms with van der Waals surface area (Å²) in [5, 5.41) is 6.63. The van der Waals surface area contributed by atoms with Crippen LogP contribution in [0.15, 0.2) is 23.1 Å². The molecule has 0 unspecified atom stereocenters. The lowest BCUT2D eigenvalue weighted by Crippen LogP contribution is -2.67. The minimum absolute atomic E-state index is 0.00279. The van der Waals surface area contributed by atoms with Gasteiger partial charge in [-0.25, -0.2) is 35.3 Å². The summed E-state index contributed by atoms with van der Waals surface area (Å²) < 4.78 is 105. The van der Waals surface area contributed by atoms with Gasteiger partial charge in [0.05, 0.1) is 25.9 Å². The molecule has 1 aromatic heterocycles. The first-order valence-corrected chi connectivity index (χ1v) is 13.2. The van der Waals surface area contributed by atoms with Crippen LogP contribution in [0.4, 0.5) is 32.0 Å². The molecule has 0 aliphatic heterocycles. The molecule has 1 amide bonds. The van der Waals surface area contributed by atoms with Crippen LogP contribution in [0.25, 0.3) is 0 Å². The van der Waals surface area contributed by atoms with E-state index in [0.29, 0.717) is 0 Å². The maximum Gasteiger partial charge on any atom is 0.274 e. The van der Waals surface area contributed by atoms with Crippen LogP contribution in [0.5, 0.6) is 0 Å². The van der Waals surface area contributed by atoms with Crippen molar-refractivity contribution in [3.8, 4) is 0 Å². The van der Waals surface area contributed by atoms with Crippen molar-refractivity contribution in [1.82, 2.24) is 9.78 Å². The fraction of sp³-hybridized carbons (Fsp3) is 0.565. The molecule has 2 aromatic rings. The second-order valence-electron chi connectivity index (χ2n) is 11.0. The molecule has 0 spiro atoms. The molecule has 4 aliphatic carbocycles. The number of amides is 1. The highest BCUT2D eigenvalue weighted by Crippen LogP contribution is 2.70. The predicted molar refractivity (Wildman–Crippen MR) is 118 cm³/mol. The number of hydrogen-bond donors (Lipinski definition) is 2. The van der Waals surface area contributed by atoms with Crippen molar-refractivity contribution >= 4 is 21.3 Å². The van der Waals surface area contributed by atoms with Crippen LogP contribution in [-0.4, -0.2) is 37.7 Å². The Balaban J connectivity index is 1.55. The van der Waals surface area contributed by atoms with Gasteiger partial charge in [-0.1, -0.05) is 6.92 Å². The molecule has 6 rings (SSSR count). The molecule has 13 heteroatoms. The molecule has 1 heterocycles. The van der Waals surface area contributed by atoms with E-state index in [2.05, 4.69) is 10.4 Å². The third-order valence-corrected chi connectivity index (χ3v) is 8.55. The molecular formula is C23H24F6N4O2S. The monoisotopic (exact) mass is 534 g/mol. The molecule has 4 saturated carbocycles. The minimum atomic E-state index is -3.50. The highest BCUT2D eigenvalue weighted by Gasteiger charge is 2.72. The third-order valence-electron chi connectivity index (χ3n) is 7.40. The van der Waals surface area contributed by atoms with Crippen LogP contribution >= 0.6 is 0 Å². The quantitative estimate of drug-likeness (QED) is 0.439. The van der Waals surface area contributed by atoms with E-state index in [1.807, 2.05) is 0 Å². The Labute approximate surface area is 203 Å². The van der Waals surface area contributed by atoms with Crippen LogP contribution in [0.1, 0.15) is 67.2 Å². The number of nitrogens with one attached hydrogen (secondary N) is 2. The predicted octanol–water partition coefficient (Wildman–Crippen LogP) is 5.83. The van der Waals surface area contributed by atoms with E-state index in [0.717, 1.165) is 29.1 Å². The lowest BCUT2D eigenvalue weighted by molar-refractivity contribution is -0.164. The van der Waals surface area contributed by atoms with Crippen molar-refractivity contribution in [2.24, 2.45) is 5.41 Å². The first-order valence-electron chi connectivity index (χ1n) is 11.3. The smallest absolute Gasteiger partial charge is 0.274 e. The highest BCUT2D eigenvalue weighted by atomic mass is 32.2. The van der Waals surface area contributed by atoms with Crippen molar-refractivity contribution in [3.63, 3.8) is 0 Å². The fourth-order valence-corrected chi connectivity index (χ4v) is 6.88. The van der Waals surface area contributed by atoms with E-state index in [1.165, 1.54) is 0 Å². The number of anilines is 1. The Hall–Kier alpha value is -2.57. The summed E-state index contributed by atoms with van der Waals surface area (Å²) in [5.74, 6) is -4.88. The average Bonchev–Trinajstić information content (AvgIpc) is 3.02. The standard InChI is InChI=1S/C23H24F6N4O2S/c1-20(6-23(28,29)7-20)11-33-16(15(18(25)26)17(32-33)21-8-22(27,9-21)10-21)19(34)31-12-3-4-13(24)14(5-12)36(2,30)35/h3-5,18,30H,6-11H2,1-2H3,(H,31,34)/t21?,22?,36-/m1/s1. The van der Waals surface area contributed by atoms with Crippen LogP contribution in [0.3, 0.4) is 0 Å². The zero-order valence-corrected chi connectivity index (χ0v) is 20.3. The van der Waals surface area contributed by atoms with Gasteiger partial charge in [0, 0.05) is 36.7 Å². The molecule has 0 radical (unpaired) electrons. The van der Waals surface area contributed by atoms with E-state index in [1.54, 1.807) is 6.92 Å². The highest BCUT2D eigenvalue weighted by molar-refractivity contribution is 7.91. The van der Waals surface area contributed by atoms with Crippen LogP contribution < -0.4 is 5.32 Å². The largest absolute Gasteiger partial charge is 0.321 e. The number of nitrogens with zero attached hydrogens (tertiary/aromatic N) is 2. The number of rotatable bonds is 7. The van der Waals surface area contributed by atoms with Crippen LogP contribution in [-0.2, 0) is 21.7 Å². The number of benzene rings is 1. The van der Waals surface area contributed by atoms with Gasteiger partial charge in [0.25, 0.3) is 12.3 Å². The summed E-state index contributed by atoms with van der Waals surface area (Å²) in [6.45, 7) is 1.32. The van der Waals surface area contributed by atoms with Gasteiger partial charge in [0.1, 0.15) is 17.2 Å². The second kappa shape index (κ2) is 7.48. The van der Waals surface area contributed by atoms with Gasteiger partial charge in [-0.15, -0.1) is 0 Å². The van der Waals surface area contributed by atoms with Crippen molar-refractivity contribution in [2.45, 2.75) is 73.9 Å². The second-order valence-corrected chi connectivity index (χ2v) is 13.1. The molecule has 2 N–H and O–H groups in total. The first-order chi connectivity index (χ1) is 16.5. The summed E-state index contributed by atoms with van der Waals surface area (Å²) in [6, 6.07) is 2.99. The molecule has 4 aliphatic rings. The number of halogens is 6. The Kier molecular flexibility index (Phi) is 5.22. The topological polar surface area (TPSA) is 87.8 Å². The molecule has 1 aromatic carbocycles. The summed E-state index contributed by atoms with van der Waals surface area (Å²) in [4.78, 5) is 12.8. The Morgan fingerprint density at radius 3 is 2.31 bits per heavy atom. The van der Waals surface area contributed by atoms with E-state index in [4.69, 9.17) is 4.78 Å². The number of hydrogen-bond acceptors (Lipinski definition) is 4. The maximum atomic E-state index is 14.4. The zero-order chi connectivity index (χ0) is 26.5. The van der Waals surface area contributed by atoms with Crippen LogP contribution in [0, 0.1) is 16.0 Å². The van der Waals surface area contributed by atoms with Gasteiger partial charge >= 0.3 is 0 Å². The van der Waals surface area contributed by atoms with E-state index in [9.17, 15) is 35.3 Å². The van der Waals surface area contributed by atoms with Crippen molar-refractivity contribution < 1.29 is 35.3 Å². The Morgan fingerprint density at radius 2 is 1.81 bits per heavy atom. The number of carbonyl (C=O) groups is 1. The molecule has 0 saturated heterocycles. The molecule has 196 valence electrons. The minimum Gasteiger partial charge on any atom is -0.321 e. The molecule has 6 nitrogen and oxygen atoms in total. The van der Waals surface area contributed by atoms with Gasteiger partial charge in [-0.3, -0.25) is 9.48 Å². The van der Waals surface area contributed by atoms with Crippen molar-refractivity contribution in [2.75, 3.05) is 11.6 Å². The lowest BCUT2D eigenvalue weighted by atomic mass is 9.41. The van der Waals surface area contributed by atoms with E-state index in [-0.39, 0.29) is 37.2 Å². The Bertz CT molecular complexity index is 1360. The Morgan fingerprint density at radius 1 is 1.19 bits per heavy atom. The lowest BCUT2D eigenvalue weighted by Gasteiger charge is -2.65. The van der Waals surface area contributed by atoms with Gasteiger partial charge in [-0.05, 0) is 42.9 Å². The molecular weight excluding hydrogens is 510 g/mol. The summed E-state index contributed by atoms with van der Waals surface area (Å²) in [5.41, 5.74) is -4.75. The van der Waals surface area contributed by atoms with Crippen molar-refractivity contribution in [1.29, 1.82) is 4.78 Å². The SMILES string of the molecule is CC1(Cn2nc(C34CC(F)(C3)C4)c(C(F)F)c2C(=O)Nc2ccc(F)c([S@](C)(=N)=O)c2)CC(F)(F)C1.